The van der Waals surface area contributed by atoms with Gasteiger partial charge in [0.25, 0.3) is 0 Å². The van der Waals surface area contributed by atoms with E-state index in [-0.39, 0.29) is 13.4 Å². The second-order valence-electron chi connectivity index (χ2n) is 3.83. The molecule has 0 aliphatic carbocycles. The Morgan fingerprint density at radius 1 is 1.19 bits per heavy atom. The van der Waals surface area contributed by atoms with Gasteiger partial charge in [-0.15, -0.1) is 0 Å². The molecule has 0 aromatic heterocycles. The van der Waals surface area contributed by atoms with Crippen molar-refractivity contribution >= 4 is 5.91 Å². The molecule has 2 nitrogen and oxygen atoms in total. The van der Waals surface area contributed by atoms with E-state index in [4.69, 9.17) is 0 Å². The van der Waals surface area contributed by atoms with E-state index in [9.17, 15) is 4.79 Å². The summed E-state index contributed by atoms with van der Waals surface area (Å²) in [4.78, 5) is 11.0. The highest BCUT2D eigenvalue weighted by molar-refractivity contribution is 5.73. The van der Waals surface area contributed by atoms with E-state index in [1.807, 2.05) is 44.2 Å². The van der Waals surface area contributed by atoms with Gasteiger partial charge in [-0.1, -0.05) is 58.0 Å². The maximum atomic E-state index is 11.0. The lowest BCUT2D eigenvalue weighted by atomic mass is 9.96. The molecule has 1 aromatic rings. The molecule has 16 heavy (non-hydrogen) atoms. The van der Waals surface area contributed by atoms with Crippen molar-refractivity contribution in [3.63, 3.8) is 0 Å². The Balaban J connectivity index is 0. The molecule has 1 rings (SSSR count). The molecule has 2 heteroatoms. The van der Waals surface area contributed by atoms with Crippen molar-refractivity contribution in [2.24, 2.45) is 5.92 Å². The average molecular weight is 223 g/mol. The molecular weight excluding hydrogens is 198 g/mol. The normalized spacial score (nSPS) is 11.4. The van der Waals surface area contributed by atoms with Gasteiger partial charge in [-0.25, -0.2) is 0 Å². The van der Waals surface area contributed by atoms with E-state index in [0.717, 1.165) is 5.56 Å². The summed E-state index contributed by atoms with van der Waals surface area (Å²) in [5.74, 6) is 0.425. The van der Waals surface area contributed by atoms with Crippen molar-refractivity contribution in [2.45, 2.75) is 40.7 Å². The largest absolute Gasteiger partial charge is 0.349 e. The molecule has 0 aliphatic rings. The molecule has 0 aliphatic heterocycles. The third-order valence-electron chi connectivity index (χ3n) is 2.18. The number of amides is 1. The summed E-state index contributed by atoms with van der Waals surface area (Å²) in [5.41, 5.74) is 1.16. The summed E-state index contributed by atoms with van der Waals surface area (Å²) in [5, 5.41) is 2.96. The maximum Gasteiger partial charge on any atom is 0.217 e. The fourth-order valence-electron chi connectivity index (χ4n) is 1.51. The van der Waals surface area contributed by atoms with Crippen LogP contribution in [0.25, 0.3) is 0 Å². The highest BCUT2D eigenvalue weighted by Crippen LogP contribution is 2.20. The smallest absolute Gasteiger partial charge is 0.217 e. The van der Waals surface area contributed by atoms with Crippen molar-refractivity contribution in [3.05, 3.63) is 35.9 Å². The lowest BCUT2D eigenvalue weighted by molar-refractivity contribution is -0.120. The molecule has 1 N–H and O–H groups in total. The van der Waals surface area contributed by atoms with Gasteiger partial charge >= 0.3 is 0 Å². The lowest BCUT2D eigenvalue weighted by Gasteiger charge is -2.21. The van der Waals surface area contributed by atoms with Crippen LogP contribution < -0.4 is 5.32 Å². The molecule has 0 heterocycles. The molecule has 0 bridgehead atoms. The van der Waals surface area contributed by atoms with Crippen LogP contribution in [-0.4, -0.2) is 5.91 Å². The van der Waals surface area contributed by atoms with Gasteiger partial charge in [0.1, 0.15) is 0 Å². The molecule has 0 saturated heterocycles. The molecule has 1 unspecified atom stereocenters. The zero-order valence-corrected chi connectivity index (χ0v) is 10.9. The predicted molar refractivity (Wildman–Crippen MR) is 71.3 cm³/mol. The maximum absolute atomic E-state index is 11.0. The van der Waals surface area contributed by atoms with Crippen molar-refractivity contribution in [2.75, 3.05) is 0 Å². The third kappa shape index (κ3) is 4.96. The van der Waals surface area contributed by atoms with Gasteiger partial charge in [-0.3, -0.25) is 4.79 Å². The Bertz CT molecular complexity index is 298. The predicted octanol–water partition coefficient (Wildman–Crippen LogP) is 3.79. The Labute approximate surface area is 101 Å². The summed E-state index contributed by atoms with van der Waals surface area (Å²) in [6.07, 6.45) is 0. The van der Waals surface area contributed by atoms with Crippen molar-refractivity contribution < 1.29 is 6.22 Å². The van der Waals surface area contributed by atoms with E-state index in [0.29, 0.717) is 5.92 Å². The summed E-state index contributed by atoms with van der Waals surface area (Å²) in [6, 6.07) is 10.2. The molecule has 0 radical (unpaired) electrons. The number of nitrogens with one attached hydrogen (secondary N) is 1. The highest BCUT2D eigenvalue weighted by atomic mass is 16.1. The van der Waals surface area contributed by atoms with E-state index >= 15 is 0 Å². The first-order valence-corrected chi connectivity index (χ1v) is 5.93. The first-order chi connectivity index (χ1) is 7.61. The van der Waals surface area contributed by atoms with Gasteiger partial charge in [0.2, 0.25) is 5.91 Å². The minimum atomic E-state index is 0. The van der Waals surface area contributed by atoms with Crippen LogP contribution in [0.15, 0.2) is 30.3 Å². The van der Waals surface area contributed by atoms with Crippen LogP contribution in [0, 0.1) is 5.92 Å². The van der Waals surface area contributed by atoms with Crippen LogP contribution in [0.2, 0.25) is 0 Å². The van der Waals surface area contributed by atoms with Crippen molar-refractivity contribution in [1.29, 1.82) is 0 Å². The summed E-state index contributed by atoms with van der Waals surface area (Å²) >= 11 is 0. The van der Waals surface area contributed by atoms with Gasteiger partial charge in [0, 0.05) is 8.35 Å². The molecule has 0 spiro atoms. The number of carbonyl (C=O) groups excluding carboxylic acids is 1. The topological polar surface area (TPSA) is 29.1 Å². The number of rotatable bonds is 3. The van der Waals surface area contributed by atoms with Crippen LogP contribution in [0.5, 0.6) is 0 Å². The molecule has 1 aromatic carbocycles. The standard InChI is InChI=1S/C12H17NO.C2H6.H2/c1-9(2)12(13-10(3)14)11-7-5-4-6-8-11;1-2;/h4-9,12H,1-3H3,(H,13,14);1-2H3;1H. The number of hydrogen-bond donors (Lipinski definition) is 1. The monoisotopic (exact) mass is 223 g/mol. The van der Waals surface area contributed by atoms with E-state index in [1.54, 1.807) is 6.92 Å². The minimum absolute atomic E-state index is 0. The molecule has 0 saturated carbocycles. The van der Waals surface area contributed by atoms with Gasteiger partial charge < -0.3 is 5.32 Å². The second kappa shape index (κ2) is 7.91. The summed E-state index contributed by atoms with van der Waals surface area (Å²) in [7, 11) is 0. The van der Waals surface area contributed by atoms with Crippen LogP contribution in [0.1, 0.15) is 47.7 Å². The van der Waals surface area contributed by atoms with Gasteiger partial charge in [0.15, 0.2) is 0 Å². The van der Waals surface area contributed by atoms with Crippen LogP contribution >= 0.6 is 0 Å². The molecular formula is C14H25NO. The average Bonchev–Trinajstić information content (AvgIpc) is 2.29. The first kappa shape index (κ1) is 14.7. The van der Waals surface area contributed by atoms with E-state index in [1.165, 1.54) is 0 Å². The Morgan fingerprint density at radius 3 is 2.06 bits per heavy atom. The second-order valence-corrected chi connectivity index (χ2v) is 3.83. The third-order valence-corrected chi connectivity index (χ3v) is 2.18. The van der Waals surface area contributed by atoms with Crippen LogP contribution in [-0.2, 0) is 4.79 Å². The zero-order valence-electron chi connectivity index (χ0n) is 10.9. The molecule has 1 atom stereocenters. The Hall–Kier alpha value is -1.31. The van der Waals surface area contributed by atoms with Crippen molar-refractivity contribution in [3.8, 4) is 0 Å². The number of benzene rings is 1. The minimum Gasteiger partial charge on any atom is -0.349 e. The number of carbonyl (C=O) groups is 1. The Morgan fingerprint density at radius 2 is 1.69 bits per heavy atom. The SMILES string of the molecule is CC.CC(=O)NC(c1ccccc1)C(C)C.[HH]. The quantitative estimate of drug-likeness (QED) is 0.830. The van der Waals surface area contributed by atoms with Crippen molar-refractivity contribution in [1.82, 2.24) is 5.32 Å². The van der Waals surface area contributed by atoms with E-state index < -0.39 is 0 Å². The Kier molecular flexibility index (Phi) is 7.27. The first-order valence-electron chi connectivity index (χ1n) is 5.93. The summed E-state index contributed by atoms with van der Waals surface area (Å²) < 4.78 is 0. The highest BCUT2D eigenvalue weighted by Gasteiger charge is 2.15. The van der Waals surface area contributed by atoms with Gasteiger partial charge in [0.05, 0.1) is 6.04 Å². The molecule has 0 fully saturated rings. The van der Waals surface area contributed by atoms with Gasteiger partial charge in [-0.2, -0.15) is 0 Å². The van der Waals surface area contributed by atoms with E-state index in [2.05, 4.69) is 19.2 Å². The number of hydrogen-bond acceptors (Lipinski definition) is 1. The van der Waals surface area contributed by atoms with Crippen LogP contribution in [0.3, 0.4) is 0 Å². The molecule has 1 amide bonds. The summed E-state index contributed by atoms with van der Waals surface area (Å²) in [6.45, 7) is 9.76. The van der Waals surface area contributed by atoms with Gasteiger partial charge in [-0.05, 0) is 11.5 Å². The molecule has 92 valence electrons. The zero-order chi connectivity index (χ0) is 12.6. The fraction of sp³-hybridized carbons (Fsp3) is 0.500. The lowest BCUT2D eigenvalue weighted by Crippen LogP contribution is -2.29. The fourth-order valence-corrected chi connectivity index (χ4v) is 1.51. The van der Waals surface area contributed by atoms with Crippen LogP contribution in [0.4, 0.5) is 0 Å².